The summed E-state index contributed by atoms with van der Waals surface area (Å²) in [4.78, 5) is 23.5. The van der Waals surface area contributed by atoms with E-state index in [1.807, 2.05) is 18.2 Å². The van der Waals surface area contributed by atoms with Crippen molar-refractivity contribution in [3.63, 3.8) is 0 Å². The highest BCUT2D eigenvalue weighted by Gasteiger charge is 2.14. The van der Waals surface area contributed by atoms with Gasteiger partial charge in [-0.05, 0) is 55.3 Å². The maximum Gasteiger partial charge on any atom is 0.337 e. The summed E-state index contributed by atoms with van der Waals surface area (Å²) >= 11 is 0. The summed E-state index contributed by atoms with van der Waals surface area (Å²) in [5.41, 5.74) is 2.02. The van der Waals surface area contributed by atoms with Crippen LogP contribution in [-0.4, -0.2) is 31.6 Å². The molecule has 0 aromatic heterocycles. The number of hydrogen-bond donors (Lipinski definition) is 1. The van der Waals surface area contributed by atoms with Gasteiger partial charge in [-0.3, -0.25) is 4.79 Å². The molecule has 0 aliphatic carbocycles. The Labute approximate surface area is 152 Å². The minimum absolute atomic E-state index is 0.222. The fraction of sp³-hybridized carbons (Fsp3) is 0.250. The number of benzene rings is 2. The number of esters is 1. The zero-order valence-corrected chi connectivity index (χ0v) is 14.7. The molecule has 0 radical (unpaired) electrons. The van der Waals surface area contributed by atoms with Crippen molar-refractivity contribution in [2.45, 2.75) is 19.4 Å². The molecule has 6 nitrogen and oxygen atoms in total. The summed E-state index contributed by atoms with van der Waals surface area (Å²) < 4.78 is 10.2. The second-order valence-corrected chi connectivity index (χ2v) is 5.63. The van der Waals surface area contributed by atoms with Crippen LogP contribution in [0.25, 0.3) is 0 Å². The number of carbonyl (C=O) groups is 2. The lowest BCUT2D eigenvalue weighted by Gasteiger charge is -2.14. The molecular formula is C20H20N2O4. The molecular weight excluding hydrogens is 332 g/mol. The molecule has 1 atom stereocenters. The number of nitriles is 1. The second kappa shape index (κ2) is 9.23. The van der Waals surface area contributed by atoms with Crippen LogP contribution in [0.1, 0.15) is 28.4 Å². The third-order valence-corrected chi connectivity index (χ3v) is 3.75. The minimum Gasteiger partial charge on any atom is -0.481 e. The molecule has 134 valence electrons. The number of amides is 1. The number of nitrogens with one attached hydrogen (secondary N) is 1. The normalized spacial score (nSPS) is 11.1. The van der Waals surface area contributed by atoms with Crippen molar-refractivity contribution < 1.29 is 19.1 Å². The van der Waals surface area contributed by atoms with Crippen LogP contribution in [0.15, 0.2) is 48.5 Å². The van der Waals surface area contributed by atoms with Crippen LogP contribution in [0.2, 0.25) is 0 Å². The number of rotatable bonds is 7. The summed E-state index contributed by atoms with van der Waals surface area (Å²) in [6.07, 6.45) is -0.0128. The van der Waals surface area contributed by atoms with Gasteiger partial charge < -0.3 is 14.8 Å². The quantitative estimate of drug-likeness (QED) is 0.773. The van der Waals surface area contributed by atoms with Gasteiger partial charge in [-0.1, -0.05) is 12.1 Å². The van der Waals surface area contributed by atoms with Gasteiger partial charge in [-0.2, -0.15) is 5.26 Å². The van der Waals surface area contributed by atoms with Gasteiger partial charge >= 0.3 is 5.97 Å². The van der Waals surface area contributed by atoms with Gasteiger partial charge in [0.25, 0.3) is 5.91 Å². The second-order valence-electron chi connectivity index (χ2n) is 5.63. The van der Waals surface area contributed by atoms with Gasteiger partial charge in [-0.15, -0.1) is 0 Å². The van der Waals surface area contributed by atoms with Crippen molar-refractivity contribution in [1.29, 1.82) is 5.26 Å². The Hall–Kier alpha value is -3.33. The molecule has 2 rings (SSSR count). The molecule has 1 N–H and O–H groups in total. The van der Waals surface area contributed by atoms with Crippen LogP contribution in [-0.2, 0) is 16.0 Å². The average molecular weight is 352 g/mol. The van der Waals surface area contributed by atoms with Gasteiger partial charge in [0.15, 0.2) is 6.10 Å². The molecule has 0 heterocycles. The molecule has 26 heavy (non-hydrogen) atoms. The molecule has 0 fully saturated rings. The van der Waals surface area contributed by atoms with Crippen molar-refractivity contribution in [1.82, 2.24) is 5.32 Å². The zero-order valence-electron chi connectivity index (χ0n) is 14.7. The van der Waals surface area contributed by atoms with E-state index in [9.17, 15) is 9.59 Å². The SMILES string of the molecule is COC(=O)c1ccc(CCNC(=O)[C@@H](C)Oc2ccc(C#N)cc2)cc1. The highest BCUT2D eigenvalue weighted by Crippen LogP contribution is 2.13. The summed E-state index contributed by atoms with van der Waals surface area (Å²) in [5, 5.41) is 11.6. The Kier molecular flexibility index (Phi) is 6.75. The Balaban J connectivity index is 1.78. The van der Waals surface area contributed by atoms with E-state index in [-0.39, 0.29) is 11.9 Å². The van der Waals surface area contributed by atoms with Crippen LogP contribution < -0.4 is 10.1 Å². The van der Waals surface area contributed by atoms with E-state index in [1.165, 1.54) is 7.11 Å². The number of hydrogen-bond acceptors (Lipinski definition) is 5. The largest absolute Gasteiger partial charge is 0.481 e. The van der Waals surface area contributed by atoms with E-state index >= 15 is 0 Å². The van der Waals surface area contributed by atoms with Gasteiger partial charge in [0, 0.05) is 6.54 Å². The number of methoxy groups -OCH3 is 1. The van der Waals surface area contributed by atoms with E-state index in [2.05, 4.69) is 10.1 Å². The Morgan fingerprint density at radius 2 is 1.77 bits per heavy atom. The minimum atomic E-state index is -0.648. The van der Waals surface area contributed by atoms with Crippen molar-refractivity contribution in [2.75, 3.05) is 13.7 Å². The smallest absolute Gasteiger partial charge is 0.337 e. The molecule has 6 heteroatoms. The third-order valence-electron chi connectivity index (χ3n) is 3.75. The van der Waals surface area contributed by atoms with Gasteiger partial charge in [0.1, 0.15) is 5.75 Å². The molecule has 0 aliphatic rings. The van der Waals surface area contributed by atoms with E-state index in [0.29, 0.717) is 29.8 Å². The lowest BCUT2D eigenvalue weighted by molar-refractivity contribution is -0.127. The molecule has 0 aliphatic heterocycles. The Morgan fingerprint density at radius 1 is 1.12 bits per heavy atom. The van der Waals surface area contributed by atoms with Crippen molar-refractivity contribution in [2.24, 2.45) is 0 Å². The van der Waals surface area contributed by atoms with Crippen LogP contribution in [0.5, 0.6) is 5.75 Å². The lowest BCUT2D eigenvalue weighted by Crippen LogP contribution is -2.37. The van der Waals surface area contributed by atoms with Gasteiger partial charge in [-0.25, -0.2) is 4.79 Å². The first kappa shape index (κ1) is 19.0. The molecule has 2 aromatic rings. The molecule has 0 saturated heterocycles. The summed E-state index contributed by atoms with van der Waals surface area (Å²) in [6.45, 7) is 2.12. The topological polar surface area (TPSA) is 88.4 Å². The summed E-state index contributed by atoms with van der Waals surface area (Å²) in [7, 11) is 1.34. The first-order chi connectivity index (χ1) is 12.5. The lowest BCUT2D eigenvalue weighted by atomic mass is 10.1. The first-order valence-electron chi connectivity index (χ1n) is 8.15. The van der Waals surface area contributed by atoms with Crippen LogP contribution in [0.4, 0.5) is 0 Å². The van der Waals surface area contributed by atoms with Crippen LogP contribution in [0.3, 0.4) is 0 Å². The first-order valence-corrected chi connectivity index (χ1v) is 8.15. The van der Waals surface area contributed by atoms with E-state index in [1.54, 1.807) is 43.3 Å². The van der Waals surface area contributed by atoms with Gasteiger partial charge in [0.05, 0.1) is 24.3 Å². The summed E-state index contributed by atoms with van der Waals surface area (Å²) in [6, 6.07) is 15.7. The number of carbonyl (C=O) groups excluding carboxylic acids is 2. The zero-order chi connectivity index (χ0) is 18.9. The predicted molar refractivity (Wildman–Crippen MR) is 95.7 cm³/mol. The predicted octanol–water partition coefficient (Wildman–Crippen LogP) is 2.47. The number of nitrogens with zero attached hydrogens (tertiary/aromatic N) is 1. The monoisotopic (exact) mass is 352 g/mol. The molecule has 0 bridgehead atoms. The van der Waals surface area contributed by atoms with Crippen LogP contribution >= 0.6 is 0 Å². The van der Waals surface area contributed by atoms with Crippen molar-refractivity contribution >= 4 is 11.9 Å². The van der Waals surface area contributed by atoms with Crippen molar-refractivity contribution in [3.8, 4) is 11.8 Å². The molecule has 1 amide bonds. The molecule has 2 aromatic carbocycles. The molecule has 0 saturated carbocycles. The maximum absolute atomic E-state index is 12.1. The highest BCUT2D eigenvalue weighted by atomic mass is 16.5. The maximum atomic E-state index is 12.1. The van der Waals surface area contributed by atoms with Crippen LogP contribution in [0, 0.1) is 11.3 Å². The standard InChI is InChI=1S/C20H20N2O4/c1-14(26-18-9-5-16(13-21)6-10-18)19(23)22-12-11-15-3-7-17(8-4-15)20(24)25-2/h3-10,14H,11-12H2,1-2H3,(H,22,23)/t14-/m1/s1. The van der Waals surface area contributed by atoms with E-state index in [0.717, 1.165) is 5.56 Å². The third kappa shape index (κ3) is 5.35. The Morgan fingerprint density at radius 3 is 2.35 bits per heavy atom. The Bertz CT molecular complexity index is 792. The summed E-state index contributed by atoms with van der Waals surface area (Å²) in [5.74, 6) is -0.0655. The van der Waals surface area contributed by atoms with E-state index < -0.39 is 6.10 Å². The fourth-order valence-electron chi connectivity index (χ4n) is 2.26. The average Bonchev–Trinajstić information content (AvgIpc) is 2.68. The molecule has 0 spiro atoms. The van der Waals surface area contributed by atoms with Crippen molar-refractivity contribution in [3.05, 3.63) is 65.2 Å². The molecule has 0 unspecified atom stereocenters. The number of ether oxygens (including phenoxy) is 2. The van der Waals surface area contributed by atoms with Gasteiger partial charge in [0.2, 0.25) is 0 Å². The fourth-order valence-corrected chi connectivity index (χ4v) is 2.26. The highest BCUT2D eigenvalue weighted by molar-refractivity contribution is 5.89. The van der Waals surface area contributed by atoms with E-state index in [4.69, 9.17) is 10.00 Å².